The predicted octanol–water partition coefficient (Wildman–Crippen LogP) is 1.43. The predicted molar refractivity (Wildman–Crippen MR) is 75.7 cm³/mol. The molecule has 1 heterocycles. The Kier molecular flexibility index (Phi) is 4.55. The van der Waals surface area contributed by atoms with E-state index in [-0.39, 0.29) is 12.0 Å². The molecule has 1 aliphatic rings. The van der Waals surface area contributed by atoms with E-state index in [1.807, 2.05) is 6.92 Å². The maximum atomic E-state index is 9.68. The zero-order chi connectivity index (χ0) is 13.7. The molecular formula is C13H23N5O. The number of hydrazine groups is 1. The van der Waals surface area contributed by atoms with E-state index in [1.165, 1.54) is 25.6 Å². The Morgan fingerprint density at radius 2 is 1.95 bits per heavy atom. The fourth-order valence-electron chi connectivity index (χ4n) is 2.74. The molecule has 0 radical (unpaired) electrons. The van der Waals surface area contributed by atoms with E-state index in [0.29, 0.717) is 5.82 Å². The molecule has 106 valence electrons. The van der Waals surface area contributed by atoms with Crippen molar-refractivity contribution in [3.8, 4) is 0 Å². The highest BCUT2D eigenvalue weighted by molar-refractivity contribution is 5.55. The van der Waals surface area contributed by atoms with Crippen LogP contribution >= 0.6 is 0 Å². The zero-order valence-electron chi connectivity index (χ0n) is 11.4. The van der Waals surface area contributed by atoms with E-state index in [4.69, 9.17) is 5.84 Å². The minimum Gasteiger partial charge on any atom is -0.396 e. The lowest BCUT2D eigenvalue weighted by atomic mass is 9.74. The van der Waals surface area contributed by atoms with Gasteiger partial charge in [-0.3, -0.25) is 0 Å². The van der Waals surface area contributed by atoms with Crippen molar-refractivity contribution in [2.24, 2.45) is 11.3 Å². The van der Waals surface area contributed by atoms with E-state index in [1.54, 1.807) is 0 Å². The van der Waals surface area contributed by atoms with Crippen LogP contribution in [0.25, 0.3) is 0 Å². The van der Waals surface area contributed by atoms with E-state index in [0.717, 1.165) is 30.8 Å². The number of hydrogen-bond acceptors (Lipinski definition) is 6. The number of nitrogens with one attached hydrogen (secondary N) is 2. The zero-order valence-corrected chi connectivity index (χ0v) is 11.4. The van der Waals surface area contributed by atoms with Gasteiger partial charge in [-0.2, -0.15) is 0 Å². The average molecular weight is 265 g/mol. The number of nitrogen functional groups attached to an aromatic ring is 1. The molecule has 0 aliphatic heterocycles. The maximum Gasteiger partial charge on any atom is 0.148 e. The second-order valence-corrected chi connectivity index (χ2v) is 5.41. The summed E-state index contributed by atoms with van der Waals surface area (Å²) in [6, 6.07) is 0. The van der Waals surface area contributed by atoms with Crippen LogP contribution in [0.4, 0.5) is 11.6 Å². The van der Waals surface area contributed by atoms with E-state index < -0.39 is 0 Å². The van der Waals surface area contributed by atoms with Crippen molar-refractivity contribution >= 4 is 11.6 Å². The Labute approximate surface area is 113 Å². The van der Waals surface area contributed by atoms with Crippen LogP contribution in [-0.2, 0) is 0 Å². The van der Waals surface area contributed by atoms with Crippen LogP contribution in [0.15, 0.2) is 6.33 Å². The summed E-state index contributed by atoms with van der Waals surface area (Å²) >= 11 is 0. The summed E-state index contributed by atoms with van der Waals surface area (Å²) in [6.07, 6.45) is 7.29. The number of hydrogen-bond donors (Lipinski definition) is 4. The minimum atomic E-state index is -0.00799. The summed E-state index contributed by atoms with van der Waals surface area (Å²) in [5.41, 5.74) is 3.45. The fourth-order valence-corrected chi connectivity index (χ4v) is 2.74. The van der Waals surface area contributed by atoms with Crippen molar-refractivity contribution in [2.45, 2.75) is 39.0 Å². The third-order valence-electron chi connectivity index (χ3n) is 4.10. The molecular weight excluding hydrogens is 242 g/mol. The Morgan fingerprint density at radius 1 is 1.26 bits per heavy atom. The molecule has 1 aliphatic carbocycles. The molecule has 0 atom stereocenters. The molecule has 0 amide bonds. The van der Waals surface area contributed by atoms with Gasteiger partial charge in [0.2, 0.25) is 0 Å². The van der Waals surface area contributed by atoms with Crippen molar-refractivity contribution in [3.05, 3.63) is 11.9 Å². The number of aliphatic hydroxyl groups excluding tert-OH is 1. The van der Waals surface area contributed by atoms with Crippen LogP contribution in [0.5, 0.6) is 0 Å². The summed E-state index contributed by atoms with van der Waals surface area (Å²) in [5.74, 6) is 6.81. The molecule has 0 aromatic carbocycles. The number of aliphatic hydroxyl groups is 1. The molecule has 1 aromatic heterocycles. The van der Waals surface area contributed by atoms with Gasteiger partial charge in [-0.05, 0) is 19.8 Å². The van der Waals surface area contributed by atoms with Gasteiger partial charge in [0.05, 0.1) is 6.61 Å². The Hall–Kier alpha value is -1.40. The monoisotopic (exact) mass is 265 g/mol. The second kappa shape index (κ2) is 6.16. The van der Waals surface area contributed by atoms with Gasteiger partial charge in [0.15, 0.2) is 0 Å². The molecule has 1 saturated carbocycles. The van der Waals surface area contributed by atoms with Crippen molar-refractivity contribution in [2.75, 3.05) is 23.9 Å². The summed E-state index contributed by atoms with van der Waals surface area (Å²) in [5, 5.41) is 13.0. The average Bonchev–Trinajstić information content (AvgIpc) is 2.47. The highest BCUT2D eigenvalue weighted by Gasteiger charge is 2.31. The van der Waals surface area contributed by atoms with Gasteiger partial charge in [0, 0.05) is 17.5 Å². The lowest BCUT2D eigenvalue weighted by molar-refractivity contribution is 0.0943. The standard InChI is InChI=1S/C13H23N5O/c1-10-11(16-9-17-12(10)18-14)15-7-13(8-19)5-3-2-4-6-13/h9,19H,2-8,14H2,1H3,(H2,15,16,17,18). The van der Waals surface area contributed by atoms with Crippen LogP contribution < -0.4 is 16.6 Å². The maximum absolute atomic E-state index is 9.68. The lowest BCUT2D eigenvalue weighted by Gasteiger charge is -2.36. The molecule has 19 heavy (non-hydrogen) atoms. The van der Waals surface area contributed by atoms with Crippen LogP contribution in [0, 0.1) is 12.3 Å². The van der Waals surface area contributed by atoms with Crippen molar-refractivity contribution in [1.29, 1.82) is 0 Å². The van der Waals surface area contributed by atoms with E-state index in [2.05, 4.69) is 20.7 Å². The van der Waals surface area contributed by atoms with Gasteiger partial charge in [0.25, 0.3) is 0 Å². The molecule has 6 heteroatoms. The van der Waals surface area contributed by atoms with Gasteiger partial charge in [0.1, 0.15) is 18.0 Å². The SMILES string of the molecule is Cc1c(NN)ncnc1NCC1(CO)CCCCC1. The first-order valence-corrected chi connectivity index (χ1v) is 6.84. The first-order chi connectivity index (χ1) is 9.21. The Balaban J connectivity index is 2.05. The van der Waals surface area contributed by atoms with Gasteiger partial charge >= 0.3 is 0 Å². The Bertz CT molecular complexity index is 417. The molecule has 2 rings (SSSR count). The van der Waals surface area contributed by atoms with Gasteiger partial charge in [-0.25, -0.2) is 15.8 Å². The summed E-state index contributed by atoms with van der Waals surface area (Å²) in [4.78, 5) is 8.29. The van der Waals surface area contributed by atoms with E-state index >= 15 is 0 Å². The largest absolute Gasteiger partial charge is 0.396 e. The smallest absolute Gasteiger partial charge is 0.148 e. The first kappa shape index (κ1) is 14.0. The summed E-state index contributed by atoms with van der Waals surface area (Å²) < 4.78 is 0. The number of rotatable bonds is 5. The number of anilines is 2. The molecule has 6 nitrogen and oxygen atoms in total. The molecule has 0 unspecified atom stereocenters. The quantitative estimate of drug-likeness (QED) is 0.475. The first-order valence-electron chi connectivity index (χ1n) is 6.84. The van der Waals surface area contributed by atoms with E-state index in [9.17, 15) is 5.11 Å². The summed E-state index contributed by atoms with van der Waals surface area (Å²) in [7, 11) is 0. The number of nitrogens with zero attached hydrogens (tertiary/aromatic N) is 2. The highest BCUT2D eigenvalue weighted by atomic mass is 16.3. The fraction of sp³-hybridized carbons (Fsp3) is 0.692. The van der Waals surface area contributed by atoms with Crippen LogP contribution in [0.3, 0.4) is 0 Å². The normalized spacial score (nSPS) is 18.1. The molecule has 1 fully saturated rings. The van der Waals surface area contributed by atoms with Crippen molar-refractivity contribution in [3.63, 3.8) is 0 Å². The van der Waals surface area contributed by atoms with Crippen LogP contribution in [-0.4, -0.2) is 28.2 Å². The molecule has 1 aromatic rings. The van der Waals surface area contributed by atoms with Crippen molar-refractivity contribution in [1.82, 2.24) is 9.97 Å². The minimum absolute atomic E-state index is 0.00799. The van der Waals surface area contributed by atoms with Gasteiger partial charge in [-0.15, -0.1) is 0 Å². The number of aromatic nitrogens is 2. The number of nitrogens with two attached hydrogens (primary N) is 1. The molecule has 0 bridgehead atoms. The topological polar surface area (TPSA) is 96.1 Å². The lowest BCUT2D eigenvalue weighted by Crippen LogP contribution is -2.36. The molecule has 0 spiro atoms. The molecule has 0 saturated heterocycles. The highest BCUT2D eigenvalue weighted by Crippen LogP contribution is 2.36. The Morgan fingerprint density at radius 3 is 2.58 bits per heavy atom. The van der Waals surface area contributed by atoms with Crippen LogP contribution in [0.2, 0.25) is 0 Å². The van der Waals surface area contributed by atoms with Crippen LogP contribution in [0.1, 0.15) is 37.7 Å². The van der Waals surface area contributed by atoms with Gasteiger partial charge < -0.3 is 15.8 Å². The second-order valence-electron chi connectivity index (χ2n) is 5.41. The third kappa shape index (κ3) is 3.13. The van der Waals surface area contributed by atoms with Gasteiger partial charge in [-0.1, -0.05) is 19.3 Å². The summed E-state index contributed by atoms with van der Waals surface area (Å²) in [6.45, 7) is 2.89. The third-order valence-corrected chi connectivity index (χ3v) is 4.10. The molecule has 5 N–H and O–H groups in total. The van der Waals surface area contributed by atoms with Crippen molar-refractivity contribution < 1.29 is 5.11 Å².